The van der Waals surface area contributed by atoms with Crippen LogP contribution in [0.4, 0.5) is 17.1 Å². The Hall–Kier alpha value is -8.98. The first-order chi connectivity index (χ1) is 33.7. The van der Waals surface area contributed by atoms with Crippen molar-refractivity contribution in [3.05, 3.63) is 267 Å². The van der Waals surface area contributed by atoms with Gasteiger partial charge >= 0.3 is 0 Å². The maximum absolute atomic E-state index is 2.47. The van der Waals surface area contributed by atoms with Gasteiger partial charge in [-0.15, -0.1) is 0 Å². The van der Waals surface area contributed by atoms with Gasteiger partial charge in [0, 0.05) is 33.1 Å². The highest BCUT2D eigenvalue weighted by molar-refractivity contribution is 6.21. The molecule has 0 bridgehead atoms. The summed E-state index contributed by atoms with van der Waals surface area (Å²) in [6, 6.07) is 97.7. The van der Waals surface area contributed by atoms with Crippen LogP contribution in [0.1, 0.15) is 0 Å². The van der Waals surface area contributed by atoms with E-state index in [0.717, 1.165) is 45.0 Å². The lowest BCUT2D eigenvalue weighted by Gasteiger charge is -2.30. The monoisotopic (exact) mass is 864 g/mol. The molecule has 0 saturated carbocycles. The van der Waals surface area contributed by atoms with E-state index >= 15 is 0 Å². The van der Waals surface area contributed by atoms with Gasteiger partial charge in [-0.2, -0.15) is 0 Å². The van der Waals surface area contributed by atoms with E-state index in [1.165, 1.54) is 76.4 Å². The van der Waals surface area contributed by atoms with Crippen molar-refractivity contribution in [1.29, 1.82) is 0 Å². The number of fused-ring (bicyclic) bond motifs is 7. The number of para-hydroxylation sites is 2. The minimum atomic E-state index is 1.07. The first-order valence-corrected chi connectivity index (χ1v) is 23.4. The van der Waals surface area contributed by atoms with E-state index in [-0.39, 0.29) is 0 Å². The Bertz CT molecular complexity index is 4030. The van der Waals surface area contributed by atoms with E-state index in [0.29, 0.717) is 0 Å². The van der Waals surface area contributed by atoms with Crippen LogP contribution in [0.3, 0.4) is 0 Å². The molecule has 2 heteroatoms. The Kier molecular flexibility index (Phi) is 9.54. The third-order valence-corrected chi connectivity index (χ3v) is 13.7. The number of hydrogen-bond acceptors (Lipinski definition) is 1. The molecule has 13 aromatic rings. The molecule has 318 valence electrons. The zero-order valence-corrected chi connectivity index (χ0v) is 37.3. The Morgan fingerprint density at radius 2 is 0.882 bits per heavy atom. The smallest absolute Gasteiger partial charge is 0.0547 e. The molecule has 0 atom stereocenters. The molecule has 68 heavy (non-hydrogen) atoms. The number of rotatable bonds is 8. The van der Waals surface area contributed by atoms with E-state index in [1.54, 1.807) is 0 Å². The maximum Gasteiger partial charge on any atom is 0.0547 e. The summed E-state index contributed by atoms with van der Waals surface area (Å²) in [5.74, 6) is 0. The van der Waals surface area contributed by atoms with E-state index in [9.17, 15) is 0 Å². The van der Waals surface area contributed by atoms with Crippen LogP contribution in [0, 0.1) is 0 Å². The Balaban J connectivity index is 1.03. The summed E-state index contributed by atoms with van der Waals surface area (Å²) in [5.41, 5.74) is 16.1. The van der Waals surface area contributed by atoms with Gasteiger partial charge < -0.3 is 9.47 Å². The number of anilines is 3. The van der Waals surface area contributed by atoms with Gasteiger partial charge in [0.15, 0.2) is 0 Å². The molecule has 13 rings (SSSR count). The number of hydrogen-bond donors (Lipinski definition) is 0. The first kappa shape index (κ1) is 39.4. The van der Waals surface area contributed by atoms with Crippen LogP contribution in [-0.2, 0) is 0 Å². The van der Waals surface area contributed by atoms with Crippen molar-refractivity contribution in [1.82, 2.24) is 4.57 Å². The molecule has 0 aliphatic rings. The average molecular weight is 865 g/mol. The van der Waals surface area contributed by atoms with E-state index in [2.05, 4.69) is 276 Å². The summed E-state index contributed by atoms with van der Waals surface area (Å²) in [5, 5.41) is 9.90. The van der Waals surface area contributed by atoms with Gasteiger partial charge in [-0.1, -0.05) is 206 Å². The minimum Gasteiger partial charge on any atom is -0.309 e. The quantitative estimate of drug-likeness (QED) is 0.148. The largest absolute Gasteiger partial charge is 0.309 e. The van der Waals surface area contributed by atoms with Crippen molar-refractivity contribution in [2.75, 3.05) is 4.90 Å². The van der Waals surface area contributed by atoms with Crippen molar-refractivity contribution < 1.29 is 0 Å². The summed E-state index contributed by atoms with van der Waals surface area (Å²) in [4.78, 5) is 2.47. The van der Waals surface area contributed by atoms with Gasteiger partial charge in [-0.3, -0.25) is 0 Å². The van der Waals surface area contributed by atoms with Crippen LogP contribution >= 0.6 is 0 Å². The predicted octanol–water partition coefficient (Wildman–Crippen LogP) is 18.4. The highest BCUT2D eigenvalue weighted by Gasteiger charge is 2.22. The molecule has 0 N–H and O–H groups in total. The fourth-order valence-corrected chi connectivity index (χ4v) is 10.6. The maximum atomic E-state index is 2.47. The van der Waals surface area contributed by atoms with Gasteiger partial charge in [-0.05, 0) is 127 Å². The Morgan fingerprint density at radius 3 is 1.71 bits per heavy atom. The van der Waals surface area contributed by atoms with Crippen LogP contribution in [0.5, 0.6) is 0 Å². The third-order valence-electron chi connectivity index (χ3n) is 13.7. The summed E-state index contributed by atoms with van der Waals surface area (Å²) in [6.45, 7) is 0. The third kappa shape index (κ3) is 6.73. The molecule has 0 aliphatic carbocycles. The molecular formula is C66H44N2. The molecule has 0 radical (unpaired) electrons. The second-order valence-electron chi connectivity index (χ2n) is 17.7. The van der Waals surface area contributed by atoms with Gasteiger partial charge in [0.2, 0.25) is 0 Å². The second kappa shape index (κ2) is 16.5. The molecular weight excluding hydrogens is 821 g/mol. The molecule has 0 amide bonds. The predicted molar refractivity (Wildman–Crippen MR) is 290 cm³/mol. The average Bonchev–Trinajstić information content (AvgIpc) is 3.76. The molecule has 0 unspecified atom stereocenters. The van der Waals surface area contributed by atoms with Crippen LogP contribution in [0.2, 0.25) is 0 Å². The Morgan fingerprint density at radius 1 is 0.265 bits per heavy atom. The molecule has 12 aromatic carbocycles. The van der Waals surface area contributed by atoms with Gasteiger partial charge in [0.1, 0.15) is 0 Å². The number of benzene rings is 12. The van der Waals surface area contributed by atoms with Crippen LogP contribution in [-0.4, -0.2) is 4.57 Å². The van der Waals surface area contributed by atoms with Gasteiger partial charge in [-0.25, -0.2) is 0 Å². The lowest BCUT2D eigenvalue weighted by Crippen LogP contribution is -2.12. The summed E-state index contributed by atoms with van der Waals surface area (Å²) in [7, 11) is 0. The summed E-state index contributed by atoms with van der Waals surface area (Å²) < 4.78 is 2.46. The van der Waals surface area contributed by atoms with Gasteiger partial charge in [0.25, 0.3) is 0 Å². The lowest BCUT2D eigenvalue weighted by molar-refractivity contribution is 1.18. The zero-order valence-electron chi connectivity index (χ0n) is 37.3. The van der Waals surface area contributed by atoms with Crippen molar-refractivity contribution in [2.45, 2.75) is 0 Å². The normalized spacial score (nSPS) is 11.5. The van der Waals surface area contributed by atoms with E-state index in [4.69, 9.17) is 0 Å². The fourth-order valence-electron chi connectivity index (χ4n) is 10.6. The second-order valence-corrected chi connectivity index (χ2v) is 17.7. The molecule has 0 saturated heterocycles. The zero-order chi connectivity index (χ0) is 45.0. The van der Waals surface area contributed by atoms with Crippen molar-refractivity contribution in [3.8, 4) is 50.2 Å². The van der Waals surface area contributed by atoms with E-state index < -0.39 is 0 Å². The van der Waals surface area contributed by atoms with Crippen molar-refractivity contribution in [2.24, 2.45) is 0 Å². The standard InChI is InChI=1S/C66H44N2/c1-3-18-45(19-4-1)52-41-53(44-55(43-52)68-63-33-16-14-31-61(63)66-58-28-10-9-23-48(58)36-38-65(66)68)50-25-17-26-54(42-50)67(62-32-15-13-27-57(62)47-21-5-2-6-22-47)64-39-37-56(59-29-11-12-30-60(59)64)51-35-34-46-20-7-8-24-49(46)40-51/h1-44H. The minimum absolute atomic E-state index is 1.07. The Labute approximate surface area is 395 Å². The summed E-state index contributed by atoms with van der Waals surface area (Å²) in [6.07, 6.45) is 0. The topological polar surface area (TPSA) is 8.17 Å². The SMILES string of the molecule is c1ccc(-c2cc(-c3cccc(N(c4ccccc4-c4ccccc4)c4ccc(-c5ccc6ccccc6c5)c5ccccc45)c3)cc(-n3c4ccccc4c4c5ccccc5ccc43)c2)cc1. The number of nitrogens with zero attached hydrogens (tertiary/aromatic N) is 2. The van der Waals surface area contributed by atoms with Gasteiger partial charge in [0.05, 0.1) is 22.4 Å². The molecule has 1 aromatic heterocycles. The number of aromatic nitrogens is 1. The van der Waals surface area contributed by atoms with Crippen LogP contribution in [0.15, 0.2) is 267 Å². The molecule has 0 fully saturated rings. The van der Waals surface area contributed by atoms with Crippen molar-refractivity contribution in [3.63, 3.8) is 0 Å². The molecule has 1 heterocycles. The highest BCUT2D eigenvalue weighted by Crippen LogP contribution is 2.47. The molecule has 0 spiro atoms. The van der Waals surface area contributed by atoms with Crippen molar-refractivity contribution >= 4 is 71.2 Å². The van der Waals surface area contributed by atoms with E-state index in [1.807, 2.05) is 0 Å². The molecule has 2 nitrogen and oxygen atoms in total. The van der Waals surface area contributed by atoms with Crippen LogP contribution < -0.4 is 4.90 Å². The highest BCUT2D eigenvalue weighted by atomic mass is 15.1. The van der Waals surface area contributed by atoms with Crippen LogP contribution in [0.25, 0.3) is 104 Å². The first-order valence-electron chi connectivity index (χ1n) is 23.4. The fraction of sp³-hybridized carbons (Fsp3) is 0. The lowest BCUT2D eigenvalue weighted by atomic mass is 9.94. The summed E-state index contributed by atoms with van der Waals surface area (Å²) >= 11 is 0. The molecule has 0 aliphatic heterocycles.